The average molecular weight is 482 g/mol. The van der Waals surface area contributed by atoms with Crippen LogP contribution >= 0.6 is 0 Å². The van der Waals surface area contributed by atoms with Gasteiger partial charge in [-0.05, 0) is 31.5 Å². The molecule has 1 aliphatic heterocycles. The van der Waals surface area contributed by atoms with E-state index < -0.39 is 40.0 Å². The van der Waals surface area contributed by atoms with Crippen LogP contribution in [0, 0.1) is 5.82 Å². The van der Waals surface area contributed by atoms with Crippen molar-refractivity contribution in [2.75, 3.05) is 13.7 Å². The lowest BCUT2D eigenvalue weighted by Crippen LogP contribution is -2.47. The molecule has 0 bridgehead atoms. The molecule has 2 amide bonds. The molecule has 0 atom stereocenters. The molecule has 3 heterocycles. The number of amides is 2. The fourth-order valence-corrected chi connectivity index (χ4v) is 3.64. The number of hydrogen-bond donors (Lipinski definition) is 4. The molecule has 0 spiro atoms. The SMILES string of the molecule is CNC(=O)c1c(O)c2ncc(Cc3ccc(F)cc3)c3c2n(c1=O)C=C(C(=O)NC(C)(C)CO)O3. The normalized spacial score (nSPS) is 12.7. The van der Waals surface area contributed by atoms with Crippen molar-refractivity contribution in [3.63, 3.8) is 0 Å². The van der Waals surface area contributed by atoms with Crippen LogP contribution < -0.4 is 20.9 Å². The highest BCUT2D eigenvalue weighted by molar-refractivity contribution is 6.04. The highest BCUT2D eigenvalue weighted by Crippen LogP contribution is 2.38. The molecular weight excluding hydrogens is 459 g/mol. The predicted octanol–water partition coefficient (Wildman–Crippen LogP) is 1.27. The summed E-state index contributed by atoms with van der Waals surface area (Å²) in [7, 11) is 1.31. The van der Waals surface area contributed by atoms with Crippen molar-refractivity contribution in [3.8, 4) is 11.5 Å². The maximum Gasteiger partial charge on any atom is 0.289 e. The summed E-state index contributed by atoms with van der Waals surface area (Å²) < 4.78 is 20.3. The summed E-state index contributed by atoms with van der Waals surface area (Å²) in [6, 6.07) is 5.73. The number of halogens is 1. The van der Waals surface area contributed by atoms with Gasteiger partial charge in [0.2, 0.25) is 5.76 Å². The van der Waals surface area contributed by atoms with E-state index in [1.165, 1.54) is 25.4 Å². The first-order valence-electron chi connectivity index (χ1n) is 10.6. The summed E-state index contributed by atoms with van der Waals surface area (Å²) in [6.07, 6.45) is 2.71. The maximum atomic E-state index is 13.4. The lowest BCUT2D eigenvalue weighted by atomic mass is 10.0. The number of nitrogens with zero attached hydrogens (tertiary/aromatic N) is 2. The zero-order valence-electron chi connectivity index (χ0n) is 19.2. The van der Waals surface area contributed by atoms with Gasteiger partial charge in [-0.25, -0.2) is 4.39 Å². The van der Waals surface area contributed by atoms with Crippen LogP contribution in [0.3, 0.4) is 0 Å². The molecule has 4 N–H and O–H groups in total. The Morgan fingerprint density at radius 2 is 1.89 bits per heavy atom. The van der Waals surface area contributed by atoms with Gasteiger partial charge in [-0.2, -0.15) is 0 Å². The number of rotatable bonds is 6. The molecule has 2 aromatic heterocycles. The van der Waals surface area contributed by atoms with Crippen LogP contribution in [0.15, 0.2) is 41.0 Å². The first kappa shape index (κ1) is 23.9. The standard InChI is InChI=1S/C24H23FN4O6/c1-24(2,11-30)28-21(32)15-10-29-18-17(19(31)16(23(29)34)22(33)26-3)27-9-13(20(18)35-15)8-12-4-6-14(25)7-5-12/h4-7,9-10,30-31H,8,11H2,1-3H3,(H,26,33)(H,28,32). The van der Waals surface area contributed by atoms with Crippen molar-refractivity contribution >= 4 is 29.0 Å². The lowest BCUT2D eigenvalue weighted by Gasteiger charge is -2.26. The molecule has 0 saturated heterocycles. The summed E-state index contributed by atoms with van der Waals surface area (Å²) in [5, 5.41) is 25.1. The summed E-state index contributed by atoms with van der Waals surface area (Å²) in [4.78, 5) is 42.8. The predicted molar refractivity (Wildman–Crippen MR) is 124 cm³/mol. The van der Waals surface area contributed by atoms with Crippen LogP contribution in [0.2, 0.25) is 0 Å². The maximum absolute atomic E-state index is 13.4. The zero-order valence-corrected chi connectivity index (χ0v) is 19.2. The molecule has 0 unspecified atom stereocenters. The Bertz CT molecular complexity index is 1440. The molecule has 11 heteroatoms. The van der Waals surface area contributed by atoms with E-state index in [2.05, 4.69) is 15.6 Å². The van der Waals surface area contributed by atoms with Crippen molar-refractivity contribution < 1.29 is 28.9 Å². The van der Waals surface area contributed by atoms with Gasteiger partial charge in [0.05, 0.1) is 18.3 Å². The second kappa shape index (κ2) is 8.84. The van der Waals surface area contributed by atoms with Crippen LogP contribution in [0.4, 0.5) is 4.39 Å². The van der Waals surface area contributed by atoms with Gasteiger partial charge in [0.15, 0.2) is 11.5 Å². The minimum absolute atomic E-state index is 0.0673. The summed E-state index contributed by atoms with van der Waals surface area (Å²) in [5.41, 5.74) is -1.27. The third-order valence-corrected chi connectivity index (χ3v) is 5.51. The Morgan fingerprint density at radius 1 is 1.20 bits per heavy atom. The van der Waals surface area contributed by atoms with Gasteiger partial charge in [-0.15, -0.1) is 0 Å². The minimum Gasteiger partial charge on any atom is -0.505 e. The Labute approximate surface area is 198 Å². The summed E-state index contributed by atoms with van der Waals surface area (Å²) in [5.74, 6) is -2.77. The topological polar surface area (TPSA) is 143 Å². The molecule has 182 valence electrons. The lowest BCUT2D eigenvalue weighted by molar-refractivity contribution is -0.121. The van der Waals surface area contributed by atoms with E-state index in [-0.39, 0.29) is 35.6 Å². The number of hydrogen-bond acceptors (Lipinski definition) is 7. The third-order valence-electron chi connectivity index (χ3n) is 5.51. The van der Waals surface area contributed by atoms with Crippen LogP contribution in [0.1, 0.15) is 35.3 Å². The highest BCUT2D eigenvalue weighted by atomic mass is 19.1. The van der Waals surface area contributed by atoms with Gasteiger partial charge in [-0.1, -0.05) is 12.1 Å². The molecule has 1 aliphatic rings. The van der Waals surface area contributed by atoms with E-state index in [1.807, 2.05) is 0 Å². The quantitative estimate of drug-likeness (QED) is 0.414. The van der Waals surface area contributed by atoms with E-state index in [4.69, 9.17) is 4.74 Å². The van der Waals surface area contributed by atoms with Crippen LogP contribution in [-0.4, -0.2) is 50.8 Å². The summed E-state index contributed by atoms with van der Waals surface area (Å²) in [6.45, 7) is 2.84. The molecule has 3 aromatic rings. The third kappa shape index (κ3) is 4.33. The number of carbonyl (C=O) groups excluding carboxylic acids is 2. The fraction of sp³-hybridized carbons (Fsp3) is 0.250. The second-order valence-corrected chi connectivity index (χ2v) is 8.68. The largest absolute Gasteiger partial charge is 0.505 e. The first-order chi connectivity index (χ1) is 16.6. The number of benzene rings is 1. The van der Waals surface area contributed by atoms with E-state index >= 15 is 0 Å². The number of nitrogens with one attached hydrogen (secondary N) is 2. The molecule has 10 nitrogen and oxygen atoms in total. The van der Waals surface area contributed by atoms with Gasteiger partial charge in [0.25, 0.3) is 17.4 Å². The van der Waals surface area contributed by atoms with E-state index in [9.17, 15) is 29.0 Å². The van der Waals surface area contributed by atoms with Crippen molar-refractivity contribution in [3.05, 3.63) is 69.1 Å². The smallest absolute Gasteiger partial charge is 0.289 e. The fourth-order valence-electron chi connectivity index (χ4n) is 3.64. The molecular formula is C24H23FN4O6. The Balaban J connectivity index is 1.94. The number of pyridine rings is 2. The molecule has 0 aliphatic carbocycles. The molecule has 35 heavy (non-hydrogen) atoms. The second-order valence-electron chi connectivity index (χ2n) is 8.68. The zero-order chi connectivity index (χ0) is 25.5. The number of aliphatic hydroxyl groups excluding tert-OH is 1. The average Bonchev–Trinajstić information content (AvgIpc) is 2.83. The monoisotopic (exact) mass is 482 g/mol. The minimum atomic E-state index is -0.987. The molecule has 4 rings (SSSR count). The van der Waals surface area contributed by atoms with Crippen LogP contribution in [0.25, 0.3) is 17.2 Å². The van der Waals surface area contributed by atoms with Gasteiger partial charge in [-0.3, -0.25) is 23.9 Å². The number of aromatic hydroxyl groups is 1. The number of aliphatic hydroxyl groups is 1. The van der Waals surface area contributed by atoms with Crippen LogP contribution in [-0.2, 0) is 11.2 Å². The number of carbonyl (C=O) groups is 2. The Hall–Kier alpha value is -4.25. The molecule has 0 fully saturated rings. The first-order valence-corrected chi connectivity index (χ1v) is 10.6. The van der Waals surface area contributed by atoms with Gasteiger partial charge >= 0.3 is 0 Å². The molecule has 0 saturated carbocycles. The Kier molecular flexibility index (Phi) is 6.03. The Morgan fingerprint density at radius 3 is 2.51 bits per heavy atom. The number of ether oxygens (including phenoxy) is 1. The molecule has 1 aromatic carbocycles. The van der Waals surface area contributed by atoms with E-state index in [0.717, 1.165) is 10.8 Å². The van der Waals surface area contributed by atoms with E-state index in [0.29, 0.717) is 11.1 Å². The highest BCUT2D eigenvalue weighted by Gasteiger charge is 2.31. The molecule has 0 radical (unpaired) electrons. The van der Waals surface area contributed by atoms with Crippen molar-refractivity contribution in [1.82, 2.24) is 20.2 Å². The van der Waals surface area contributed by atoms with Crippen LogP contribution in [0.5, 0.6) is 11.5 Å². The summed E-state index contributed by atoms with van der Waals surface area (Å²) >= 11 is 0. The van der Waals surface area contributed by atoms with Crippen molar-refractivity contribution in [2.45, 2.75) is 25.8 Å². The van der Waals surface area contributed by atoms with Gasteiger partial charge < -0.3 is 25.6 Å². The van der Waals surface area contributed by atoms with Gasteiger partial charge in [0.1, 0.15) is 22.4 Å². The number of aromatic nitrogens is 2. The van der Waals surface area contributed by atoms with Crippen molar-refractivity contribution in [1.29, 1.82) is 0 Å². The van der Waals surface area contributed by atoms with Crippen molar-refractivity contribution in [2.24, 2.45) is 0 Å². The van der Waals surface area contributed by atoms with E-state index in [1.54, 1.807) is 26.0 Å². The van der Waals surface area contributed by atoms with Gasteiger partial charge in [0, 0.05) is 25.2 Å².